The van der Waals surface area contributed by atoms with Crippen molar-refractivity contribution in [3.05, 3.63) is 119 Å². The predicted octanol–water partition coefficient (Wildman–Crippen LogP) is 7.06. The highest BCUT2D eigenvalue weighted by Gasteiger charge is 2.38. The van der Waals surface area contributed by atoms with Crippen LogP contribution in [-0.4, -0.2) is 12.6 Å². The van der Waals surface area contributed by atoms with Crippen molar-refractivity contribution >= 4 is 22.8 Å². The maximum Gasteiger partial charge on any atom is 0.338 e. The molecule has 3 heteroatoms. The smallest absolute Gasteiger partial charge is 0.338 e. The summed E-state index contributed by atoms with van der Waals surface area (Å²) in [4.78, 5) is 13.0. The predicted molar refractivity (Wildman–Crippen MR) is 133 cm³/mol. The highest BCUT2D eigenvalue weighted by atomic mass is 16.5. The molecule has 4 aromatic rings. The van der Waals surface area contributed by atoms with Gasteiger partial charge in [-0.3, -0.25) is 0 Å². The molecule has 33 heavy (non-hydrogen) atoms. The minimum atomic E-state index is -0.806. The topological polar surface area (TPSA) is 35.5 Å². The van der Waals surface area contributed by atoms with Gasteiger partial charge >= 0.3 is 5.97 Å². The number of benzene rings is 4. The van der Waals surface area contributed by atoms with Gasteiger partial charge in [0, 0.05) is 22.1 Å². The first-order chi connectivity index (χ1) is 16.1. The Labute approximate surface area is 194 Å². The van der Waals surface area contributed by atoms with Gasteiger partial charge in [0.2, 0.25) is 0 Å². The molecule has 5 rings (SSSR count). The molecule has 0 saturated heterocycles. The largest absolute Gasteiger partial charge is 0.472 e. The van der Waals surface area contributed by atoms with E-state index in [-0.39, 0.29) is 5.97 Å². The van der Waals surface area contributed by atoms with Crippen LogP contribution in [0.3, 0.4) is 0 Å². The molecular formula is C30H26O3. The first-order valence-electron chi connectivity index (χ1n) is 11.4. The van der Waals surface area contributed by atoms with Crippen LogP contribution in [0.25, 0.3) is 16.8 Å². The van der Waals surface area contributed by atoms with E-state index in [4.69, 9.17) is 9.47 Å². The Kier molecular flexibility index (Phi) is 5.47. The second-order valence-corrected chi connectivity index (χ2v) is 8.43. The molecule has 0 N–H and O–H groups in total. The lowest BCUT2D eigenvalue weighted by atomic mass is 9.82. The summed E-state index contributed by atoms with van der Waals surface area (Å²) in [6.45, 7) is 4.43. The Balaban J connectivity index is 1.76. The van der Waals surface area contributed by atoms with Crippen molar-refractivity contribution in [3.8, 4) is 5.75 Å². The molecule has 0 atom stereocenters. The standard InChI is InChI=1S/C30H26O3/c1-3-18-32-29(31)27-20-22-19-21(2)14-15-25(22)28-26(27)16-17-30(33-28,23-10-6-4-7-11-23)24-12-8-5-9-13-24/h4-17,19-20H,3,18H2,1-2H3. The van der Waals surface area contributed by atoms with Crippen molar-refractivity contribution < 1.29 is 14.3 Å². The van der Waals surface area contributed by atoms with E-state index in [9.17, 15) is 4.79 Å². The number of esters is 1. The summed E-state index contributed by atoms with van der Waals surface area (Å²) in [6.07, 6.45) is 4.84. The van der Waals surface area contributed by atoms with Crippen molar-refractivity contribution in [1.82, 2.24) is 0 Å². The van der Waals surface area contributed by atoms with Crippen molar-refractivity contribution in [2.24, 2.45) is 0 Å². The third-order valence-electron chi connectivity index (χ3n) is 6.10. The summed E-state index contributed by atoms with van der Waals surface area (Å²) in [5.41, 5.74) is 3.66. The average Bonchev–Trinajstić information content (AvgIpc) is 2.87. The quantitative estimate of drug-likeness (QED) is 0.315. The summed E-state index contributed by atoms with van der Waals surface area (Å²) in [7, 11) is 0. The Bertz CT molecular complexity index is 1300. The van der Waals surface area contributed by atoms with Crippen molar-refractivity contribution in [1.29, 1.82) is 0 Å². The van der Waals surface area contributed by atoms with Gasteiger partial charge in [0.25, 0.3) is 0 Å². The number of carbonyl (C=O) groups excluding carboxylic acids is 1. The zero-order valence-electron chi connectivity index (χ0n) is 18.9. The van der Waals surface area contributed by atoms with Gasteiger partial charge in [-0.15, -0.1) is 0 Å². The normalized spacial score (nSPS) is 13.9. The fraction of sp³-hybridized carbons (Fsp3) is 0.167. The summed E-state index contributed by atoms with van der Waals surface area (Å²) in [5, 5.41) is 1.94. The van der Waals surface area contributed by atoms with Crippen LogP contribution in [0, 0.1) is 6.92 Å². The SMILES string of the molecule is CCCOC(=O)c1cc2cc(C)ccc2c2c1C=CC(c1ccccc1)(c1ccccc1)O2. The molecule has 3 nitrogen and oxygen atoms in total. The third-order valence-corrected chi connectivity index (χ3v) is 6.10. The van der Waals surface area contributed by atoms with Gasteiger partial charge in [-0.05, 0) is 36.9 Å². The van der Waals surface area contributed by atoms with Crippen LogP contribution in [0.15, 0.2) is 91.0 Å². The molecule has 0 aromatic heterocycles. The van der Waals surface area contributed by atoms with Gasteiger partial charge in [-0.25, -0.2) is 4.79 Å². The first-order valence-corrected chi connectivity index (χ1v) is 11.4. The second-order valence-electron chi connectivity index (χ2n) is 8.43. The van der Waals surface area contributed by atoms with Gasteiger partial charge in [0.15, 0.2) is 5.60 Å². The van der Waals surface area contributed by atoms with E-state index in [2.05, 4.69) is 48.5 Å². The lowest BCUT2D eigenvalue weighted by Gasteiger charge is -2.37. The molecular weight excluding hydrogens is 408 g/mol. The number of hydrogen-bond acceptors (Lipinski definition) is 3. The highest BCUT2D eigenvalue weighted by molar-refractivity contribution is 6.04. The number of rotatable bonds is 5. The minimum absolute atomic E-state index is 0.323. The van der Waals surface area contributed by atoms with E-state index in [1.165, 1.54) is 0 Å². The molecule has 4 aromatic carbocycles. The zero-order valence-corrected chi connectivity index (χ0v) is 18.9. The lowest BCUT2D eigenvalue weighted by molar-refractivity contribution is 0.0503. The number of ether oxygens (including phenoxy) is 2. The van der Waals surface area contributed by atoms with Gasteiger partial charge in [0.05, 0.1) is 12.2 Å². The Morgan fingerprint density at radius 2 is 1.58 bits per heavy atom. The van der Waals surface area contributed by atoms with Gasteiger partial charge in [-0.2, -0.15) is 0 Å². The van der Waals surface area contributed by atoms with Gasteiger partial charge < -0.3 is 9.47 Å². The maximum absolute atomic E-state index is 13.0. The number of fused-ring (bicyclic) bond motifs is 3. The van der Waals surface area contributed by atoms with Crippen molar-refractivity contribution in [2.75, 3.05) is 6.61 Å². The minimum Gasteiger partial charge on any atom is -0.472 e. The summed E-state index contributed by atoms with van der Waals surface area (Å²) in [6, 6.07) is 28.6. The van der Waals surface area contributed by atoms with E-state index in [0.717, 1.165) is 39.4 Å². The summed E-state index contributed by atoms with van der Waals surface area (Å²) < 4.78 is 12.5. The lowest BCUT2D eigenvalue weighted by Crippen LogP contribution is -2.34. The molecule has 0 unspecified atom stereocenters. The summed E-state index contributed by atoms with van der Waals surface area (Å²) in [5.74, 6) is 0.378. The average molecular weight is 435 g/mol. The van der Waals surface area contributed by atoms with Crippen molar-refractivity contribution in [3.63, 3.8) is 0 Å². The van der Waals surface area contributed by atoms with Crippen molar-refractivity contribution in [2.45, 2.75) is 25.9 Å². The third kappa shape index (κ3) is 3.70. The molecule has 0 radical (unpaired) electrons. The molecule has 1 aliphatic heterocycles. The second kappa shape index (κ2) is 8.59. The molecule has 164 valence electrons. The maximum atomic E-state index is 13.0. The molecule has 0 amide bonds. The molecule has 0 saturated carbocycles. The number of hydrogen-bond donors (Lipinski definition) is 0. The Morgan fingerprint density at radius 3 is 2.21 bits per heavy atom. The van der Waals surface area contributed by atoms with E-state index in [1.807, 2.05) is 62.4 Å². The Morgan fingerprint density at radius 1 is 0.909 bits per heavy atom. The Hall–Kier alpha value is -3.85. The number of aryl methyl sites for hydroxylation is 1. The first kappa shape index (κ1) is 21.0. The monoisotopic (exact) mass is 434 g/mol. The van der Waals surface area contributed by atoms with E-state index >= 15 is 0 Å². The zero-order chi connectivity index (χ0) is 22.8. The van der Waals surface area contributed by atoms with Crippen LogP contribution < -0.4 is 4.74 Å². The molecule has 1 heterocycles. The van der Waals surface area contributed by atoms with Crippen LogP contribution in [0.2, 0.25) is 0 Å². The molecule has 0 bridgehead atoms. The van der Waals surface area contributed by atoms with Gasteiger partial charge in [-0.1, -0.05) is 91.3 Å². The van der Waals surface area contributed by atoms with Crippen LogP contribution in [0.4, 0.5) is 0 Å². The molecule has 0 aliphatic carbocycles. The van der Waals surface area contributed by atoms with E-state index in [0.29, 0.717) is 17.9 Å². The van der Waals surface area contributed by atoms with Gasteiger partial charge in [0.1, 0.15) is 5.75 Å². The van der Waals surface area contributed by atoms with E-state index in [1.54, 1.807) is 0 Å². The highest BCUT2D eigenvalue weighted by Crippen LogP contribution is 2.46. The van der Waals surface area contributed by atoms with Crippen LogP contribution in [0.5, 0.6) is 5.75 Å². The molecule has 1 aliphatic rings. The fourth-order valence-corrected chi connectivity index (χ4v) is 4.47. The summed E-state index contributed by atoms with van der Waals surface area (Å²) >= 11 is 0. The molecule has 0 spiro atoms. The fourth-order valence-electron chi connectivity index (χ4n) is 4.47. The van der Waals surface area contributed by atoms with E-state index < -0.39 is 5.60 Å². The van der Waals surface area contributed by atoms with Crippen LogP contribution >= 0.6 is 0 Å². The molecule has 0 fully saturated rings. The van der Waals surface area contributed by atoms with Crippen LogP contribution in [0.1, 0.15) is 46.0 Å². The van der Waals surface area contributed by atoms with Crippen LogP contribution in [-0.2, 0) is 10.3 Å². The number of carbonyl (C=O) groups is 1.